The van der Waals surface area contributed by atoms with E-state index in [-0.39, 0.29) is 12.5 Å². The second-order valence-corrected chi connectivity index (χ2v) is 3.18. The molecule has 0 saturated carbocycles. The van der Waals surface area contributed by atoms with Gasteiger partial charge in [-0.2, -0.15) is 0 Å². The Morgan fingerprint density at radius 1 is 1.46 bits per heavy atom. The average molecular weight is 246 g/mol. The molecule has 0 fully saturated rings. The van der Waals surface area contributed by atoms with E-state index < -0.39 is 4.92 Å². The molecule has 1 aromatic rings. The first-order valence-corrected chi connectivity index (χ1v) is 4.22. The summed E-state index contributed by atoms with van der Waals surface area (Å²) in [6.07, 6.45) is 0. The van der Waals surface area contributed by atoms with Crippen molar-refractivity contribution < 1.29 is 14.4 Å². The van der Waals surface area contributed by atoms with E-state index in [2.05, 4.69) is 15.9 Å². The lowest BCUT2D eigenvalue weighted by Crippen LogP contribution is -1.93. The second kappa shape index (κ2) is 2.88. The molecule has 1 aromatic carbocycles. The van der Waals surface area contributed by atoms with Gasteiger partial charge in [0.05, 0.1) is 4.92 Å². The van der Waals surface area contributed by atoms with E-state index >= 15 is 0 Å². The van der Waals surface area contributed by atoms with Crippen molar-refractivity contribution in [2.24, 2.45) is 0 Å². The number of fused-ring (bicyclic) bond motifs is 1. The summed E-state index contributed by atoms with van der Waals surface area (Å²) in [5.74, 6) is 0.923. The van der Waals surface area contributed by atoms with Crippen molar-refractivity contribution in [2.75, 3.05) is 6.79 Å². The van der Waals surface area contributed by atoms with Gasteiger partial charge in [-0.1, -0.05) is 0 Å². The van der Waals surface area contributed by atoms with Crippen LogP contribution in [-0.2, 0) is 0 Å². The smallest absolute Gasteiger partial charge is 0.287 e. The van der Waals surface area contributed by atoms with Gasteiger partial charge in [-0.15, -0.1) is 0 Å². The quantitative estimate of drug-likeness (QED) is 0.562. The van der Waals surface area contributed by atoms with Crippen LogP contribution in [0.2, 0.25) is 0 Å². The minimum absolute atomic E-state index is 0.0238. The zero-order valence-electron chi connectivity index (χ0n) is 6.32. The van der Waals surface area contributed by atoms with Gasteiger partial charge in [-0.3, -0.25) is 10.1 Å². The van der Waals surface area contributed by atoms with Gasteiger partial charge in [0, 0.05) is 6.07 Å². The molecule has 0 aliphatic carbocycles. The molecule has 0 atom stereocenters. The van der Waals surface area contributed by atoms with Gasteiger partial charge < -0.3 is 9.47 Å². The molecule has 0 unspecified atom stereocenters. The molecule has 68 valence electrons. The summed E-state index contributed by atoms with van der Waals surface area (Å²) in [6, 6.07) is 2.89. The Hall–Kier alpha value is -1.30. The average Bonchev–Trinajstić information content (AvgIpc) is 2.52. The van der Waals surface area contributed by atoms with Crippen LogP contribution in [0.15, 0.2) is 16.6 Å². The molecule has 1 aliphatic rings. The first-order chi connectivity index (χ1) is 6.20. The number of ether oxygens (including phenoxy) is 2. The number of hydrogen-bond donors (Lipinski definition) is 0. The zero-order valence-corrected chi connectivity index (χ0v) is 7.91. The molecule has 0 spiro atoms. The SMILES string of the molecule is O=[N+]([O-])c1ccc2c(c1Br)OCO2. The van der Waals surface area contributed by atoms with Crippen molar-refractivity contribution in [3.8, 4) is 11.5 Å². The van der Waals surface area contributed by atoms with Crippen molar-refractivity contribution in [1.82, 2.24) is 0 Å². The van der Waals surface area contributed by atoms with Crippen molar-refractivity contribution >= 4 is 21.6 Å². The Kier molecular flexibility index (Phi) is 1.84. The van der Waals surface area contributed by atoms with Gasteiger partial charge in [0.2, 0.25) is 6.79 Å². The Morgan fingerprint density at radius 2 is 2.23 bits per heavy atom. The number of hydrogen-bond acceptors (Lipinski definition) is 4. The number of nitro groups is 1. The molecule has 0 radical (unpaired) electrons. The van der Waals surface area contributed by atoms with Crippen LogP contribution >= 0.6 is 15.9 Å². The van der Waals surface area contributed by atoms with Crippen LogP contribution in [0.4, 0.5) is 5.69 Å². The maximum Gasteiger partial charge on any atom is 0.287 e. The van der Waals surface area contributed by atoms with E-state index in [1.165, 1.54) is 12.1 Å². The summed E-state index contributed by atoms with van der Waals surface area (Å²) in [5.41, 5.74) is -0.0238. The first kappa shape index (κ1) is 8.31. The summed E-state index contributed by atoms with van der Waals surface area (Å²) in [4.78, 5) is 10.0. The molecule has 0 saturated heterocycles. The highest BCUT2D eigenvalue weighted by Gasteiger charge is 2.24. The molecule has 0 aromatic heterocycles. The highest BCUT2D eigenvalue weighted by atomic mass is 79.9. The fourth-order valence-corrected chi connectivity index (χ4v) is 1.66. The van der Waals surface area contributed by atoms with Crippen LogP contribution < -0.4 is 9.47 Å². The largest absolute Gasteiger partial charge is 0.454 e. The predicted octanol–water partition coefficient (Wildman–Crippen LogP) is 2.09. The van der Waals surface area contributed by atoms with E-state index in [4.69, 9.17) is 9.47 Å². The Bertz CT molecular complexity index is 379. The molecule has 0 N–H and O–H groups in total. The predicted molar refractivity (Wildman–Crippen MR) is 46.9 cm³/mol. The maximum absolute atomic E-state index is 10.5. The number of rotatable bonds is 1. The molecule has 5 nitrogen and oxygen atoms in total. The summed E-state index contributed by atoms with van der Waals surface area (Å²) < 4.78 is 10.4. The van der Waals surface area contributed by atoms with Crippen molar-refractivity contribution in [2.45, 2.75) is 0 Å². The lowest BCUT2D eigenvalue weighted by Gasteiger charge is -1.98. The van der Waals surface area contributed by atoms with E-state index in [1.807, 2.05) is 0 Å². The molecule has 13 heavy (non-hydrogen) atoms. The van der Waals surface area contributed by atoms with Crippen molar-refractivity contribution in [3.63, 3.8) is 0 Å². The van der Waals surface area contributed by atoms with Gasteiger partial charge in [0.25, 0.3) is 5.69 Å². The van der Waals surface area contributed by atoms with Crippen LogP contribution in [0, 0.1) is 10.1 Å². The van der Waals surface area contributed by atoms with Crippen LogP contribution in [-0.4, -0.2) is 11.7 Å². The molecule has 6 heteroatoms. The molecule has 2 rings (SSSR count). The number of halogens is 1. The van der Waals surface area contributed by atoms with Gasteiger partial charge in [0.15, 0.2) is 11.5 Å². The number of nitro benzene ring substituents is 1. The Balaban J connectivity index is 2.59. The van der Waals surface area contributed by atoms with Gasteiger partial charge in [0.1, 0.15) is 4.47 Å². The third-order valence-electron chi connectivity index (χ3n) is 1.65. The summed E-state index contributed by atoms with van der Waals surface area (Å²) >= 11 is 3.09. The van der Waals surface area contributed by atoms with E-state index in [0.29, 0.717) is 16.0 Å². The van der Waals surface area contributed by atoms with Gasteiger partial charge in [-0.05, 0) is 22.0 Å². The van der Waals surface area contributed by atoms with E-state index in [1.54, 1.807) is 0 Å². The number of nitrogens with zero attached hydrogens (tertiary/aromatic N) is 1. The lowest BCUT2D eigenvalue weighted by molar-refractivity contribution is -0.385. The van der Waals surface area contributed by atoms with Crippen molar-refractivity contribution in [3.05, 3.63) is 26.7 Å². The molecular weight excluding hydrogens is 242 g/mol. The van der Waals surface area contributed by atoms with Crippen LogP contribution in [0.3, 0.4) is 0 Å². The second-order valence-electron chi connectivity index (χ2n) is 2.39. The van der Waals surface area contributed by atoms with E-state index in [0.717, 1.165) is 0 Å². The summed E-state index contributed by atoms with van der Waals surface area (Å²) in [6.45, 7) is 0.106. The molecule has 0 bridgehead atoms. The van der Waals surface area contributed by atoms with Crippen molar-refractivity contribution in [1.29, 1.82) is 0 Å². The Morgan fingerprint density at radius 3 is 2.92 bits per heavy atom. The minimum atomic E-state index is -0.480. The van der Waals surface area contributed by atoms with Crippen LogP contribution in [0.5, 0.6) is 11.5 Å². The zero-order chi connectivity index (χ0) is 9.42. The topological polar surface area (TPSA) is 61.6 Å². The highest BCUT2D eigenvalue weighted by molar-refractivity contribution is 9.10. The minimum Gasteiger partial charge on any atom is -0.454 e. The third-order valence-corrected chi connectivity index (χ3v) is 2.42. The fraction of sp³-hybridized carbons (Fsp3) is 0.143. The first-order valence-electron chi connectivity index (χ1n) is 3.42. The van der Waals surface area contributed by atoms with Gasteiger partial charge >= 0.3 is 0 Å². The summed E-state index contributed by atoms with van der Waals surface area (Å²) in [7, 11) is 0. The number of benzene rings is 1. The van der Waals surface area contributed by atoms with Gasteiger partial charge in [-0.25, -0.2) is 0 Å². The van der Waals surface area contributed by atoms with Crippen LogP contribution in [0.25, 0.3) is 0 Å². The Labute approximate surface area is 81.5 Å². The fourth-order valence-electron chi connectivity index (χ4n) is 1.07. The summed E-state index contributed by atoms with van der Waals surface area (Å²) in [5, 5.41) is 10.5. The van der Waals surface area contributed by atoms with E-state index in [9.17, 15) is 10.1 Å². The lowest BCUT2D eigenvalue weighted by atomic mass is 10.3. The molecule has 1 aliphatic heterocycles. The highest BCUT2D eigenvalue weighted by Crippen LogP contribution is 2.43. The third kappa shape index (κ3) is 1.23. The standard InChI is InChI=1S/C7H4BrNO4/c8-6-4(9(10)11)1-2-5-7(6)13-3-12-5/h1-2H,3H2. The monoisotopic (exact) mass is 245 g/mol. The maximum atomic E-state index is 10.5. The normalized spacial score (nSPS) is 13.0. The molecular formula is C7H4BrNO4. The molecule has 1 heterocycles. The molecule has 0 amide bonds. The van der Waals surface area contributed by atoms with Crippen LogP contribution in [0.1, 0.15) is 0 Å².